The predicted molar refractivity (Wildman–Crippen MR) is 79.0 cm³/mol. The van der Waals surface area contributed by atoms with Gasteiger partial charge in [-0.2, -0.15) is 0 Å². The first-order valence-electron chi connectivity index (χ1n) is 6.47. The second kappa shape index (κ2) is 4.91. The van der Waals surface area contributed by atoms with Crippen molar-refractivity contribution in [3.8, 4) is 0 Å². The van der Waals surface area contributed by atoms with Gasteiger partial charge in [0.1, 0.15) is 0 Å². The van der Waals surface area contributed by atoms with Crippen LogP contribution >= 0.6 is 15.9 Å². The van der Waals surface area contributed by atoms with Crippen LogP contribution in [0.25, 0.3) is 0 Å². The Labute approximate surface area is 122 Å². The Balaban J connectivity index is 2.53. The first kappa shape index (κ1) is 14.5. The third-order valence-electron chi connectivity index (χ3n) is 3.92. The number of primary amides is 1. The van der Waals surface area contributed by atoms with Crippen molar-refractivity contribution in [1.82, 2.24) is 0 Å². The highest BCUT2D eigenvalue weighted by atomic mass is 79.9. The minimum Gasteiger partial charge on any atom is -0.375 e. The molecule has 104 valence electrons. The van der Waals surface area contributed by atoms with Gasteiger partial charge < -0.3 is 10.5 Å². The highest BCUT2D eigenvalue weighted by molar-refractivity contribution is 9.10. The van der Waals surface area contributed by atoms with Crippen molar-refractivity contribution >= 4 is 21.8 Å². The number of rotatable bonds is 2. The molecule has 0 radical (unpaired) electrons. The fourth-order valence-electron chi connectivity index (χ4n) is 3.10. The lowest BCUT2D eigenvalue weighted by Gasteiger charge is -2.43. The van der Waals surface area contributed by atoms with Crippen molar-refractivity contribution < 1.29 is 9.53 Å². The lowest BCUT2D eigenvalue weighted by Crippen LogP contribution is -2.51. The highest BCUT2D eigenvalue weighted by Gasteiger charge is 2.47. The molecule has 1 atom stereocenters. The zero-order valence-corrected chi connectivity index (χ0v) is 13.2. The van der Waals surface area contributed by atoms with Crippen molar-refractivity contribution in [3.05, 3.63) is 33.8 Å². The lowest BCUT2D eigenvalue weighted by atomic mass is 9.67. The van der Waals surface area contributed by atoms with E-state index in [2.05, 4.69) is 15.9 Å². The van der Waals surface area contributed by atoms with Gasteiger partial charge in [0, 0.05) is 11.1 Å². The standard InChI is InChI=1S/C15H20BrNO2/c1-10-8-11(16)4-5-12(10)15(13(17)18)6-7-19-14(2,3)9-15/h4-5,8H,6-7,9H2,1-3H3,(H2,17,18). The summed E-state index contributed by atoms with van der Waals surface area (Å²) >= 11 is 3.46. The maximum atomic E-state index is 12.2. The van der Waals surface area contributed by atoms with Crippen LogP contribution in [0.2, 0.25) is 0 Å². The Kier molecular flexibility index (Phi) is 3.76. The van der Waals surface area contributed by atoms with Gasteiger partial charge in [0.2, 0.25) is 5.91 Å². The van der Waals surface area contributed by atoms with E-state index in [4.69, 9.17) is 10.5 Å². The van der Waals surface area contributed by atoms with E-state index >= 15 is 0 Å². The molecule has 19 heavy (non-hydrogen) atoms. The summed E-state index contributed by atoms with van der Waals surface area (Å²) in [5.41, 5.74) is 6.93. The van der Waals surface area contributed by atoms with Crippen molar-refractivity contribution in [2.45, 2.75) is 44.6 Å². The van der Waals surface area contributed by atoms with Gasteiger partial charge >= 0.3 is 0 Å². The minimum atomic E-state index is -0.619. The molecular weight excluding hydrogens is 306 g/mol. The summed E-state index contributed by atoms with van der Waals surface area (Å²) in [6.07, 6.45) is 1.27. The average molecular weight is 326 g/mol. The van der Waals surface area contributed by atoms with E-state index in [1.54, 1.807) is 0 Å². The van der Waals surface area contributed by atoms with Crippen LogP contribution in [-0.4, -0.2) is 18.1 Å². The Bertz CT molecular complexity index is 513. The molecule has 0 aliphatic carbocycles. The molecule has 1 aliphatic heterocycles. The van der Waals surface area contributed by atoms with Crippen LogP contribution in [0.4, 0.5) is 0 Å². The summed E-state index contributed by atoms with van der Waals surface area (Å²) in [5.74, 6) is -0.255. The van der Waals surface area contributed by atoms with E-state index in [-0.39, 0.29) is 11.5 Å². The van der Waals surface area contributed by atoms with E-state index < -0.39 is 5.41 Å². The number of hydrogen-bond donors (Lipinski definition) is 1. The first-order chi connectivity index (χ1) is 8.77. The van der Waals surface area contributed by atoms with Gasteiger partial charge in [0.05, 0.1) is 11.0 Å². The molecule has 2 rings (SSSR count). The molecule has 1 aromatic carbocycles. The summed E-state index contributed by atoms with van der Waals surface area (Å²) in [7, 11) is 0. The van der Waals surface area contributed by atoms with Gasteiger partial charge in [-0.3, -0.25) is 4.79 Å². The van der Waals surface area contributed by atoms with E-state index in [0.717, 1.165) is 15.6 Å². The molecule has 0 spiro atoms. The van der Waals surface area contributed by atoms with Crippen LogP contribution in [0.1, 0.15) is 37.8 Å². The fraction of sp³-hybridized carbons (Fsp3) is 0.533. The molecule has 0 saturated carbocycles. The van der Waals surface area contributed by atoms with Gasteiger partial charge in [-0.1, -0.05) is 22.0 Å². The van der Waals surface area contributed by atoms with Gasteiger partial charge in [0.25, 0.3) is 0 Å². The van der Waals surface area contributed by atoms with Crippen molar-refractivity contribution in [2.24, 2.45) is 5.73 Å². The molecular formula is C15H20BrNO2. The Morgan fingerprint density at radius 1 is 1.42 bits per heavy atom. The topological polar surface area (TPSA) is 52.3 Å². The Morgan fingerprint density at radius 2 is 2.11 bits per heavy atom. The summed E-state index contributed by atoms with van der Waals surface area (Å²) in [4.78, 5) is 12.2. The number of halogens is 1. The maximum Gasteiger partial charge on any atom is 0.228 e. The van der Waals surface area contributed by atoms with Crippen LogP contribution in [0.5, 0.6) is 0 Å². The largest absolute Gasteiger partial charge is 0.375 e. The molecule has 1 aliphatic rings. The molecule has 2 N–H and O–H groups in total. The Hall–Kier alpha value is -0.870. The fourth-order valence-corrected chi connectivity index (χ4v) is 3.58. The van der Waals surface area contributed by atoms with Gasteiger partial charge in [-0.25, -0.2) is 0 Å². The maximum absolute atomic E-state index is 12.2. The molecule has 1 fully saturated rings. The van der Waals surface area contributed by atoms with Crippen molar-refractivity contribution in [1.29, 1.82) is 0 Å². The second-order valence-corrected chi connectivity index (χ2v) is 6.86. The summed E-state index contributed by atoms with van der Waals surface area (Å²) in [6.45, 7) is 6.61. The quantitative estimate of drug-likeness (QED) is 0.908. The second-order valence-electron chi connectivity index (χ2n) is 5.94. The molecule has 0 aromatic heterocycles. The average Bonchev–Trinajstić information content (AvgIpc) is 2.26. The molecule has 3 nitrogen and oxygen atoms in total. The molecule has 4 heteroatoms. The number of aryl methyl sites for hydroxylation is 1. The van der Waals surface area contributed by atoms with E-state index in [0.29, 0.717) is 19.4 Å². The van der Waals surface area contributed by atoms with E-state index in [1.807, 2.05) is 39.0 Å². The lowest BCUT2D eigenvalue weighted by molar-refractivity contribution is -0.136. The van der Waals surface area contributed by atoms with E-state index in [1.165, 1.54) is 0 Å². The molecule has 1 amide bonds. The molecule has 1 aromatic rings. The zero-order valence-electron chi connectivity index (χ0n) is 11.6. The van der Waals surface area contributed by atoms with Gasteiger partial charge in [-0.05, 0) is 56.9 Å². The number of hydrogen-bond acceptors (Lipinski definition) is 2. The Morgan fingerprint density at radius 3 is 2.63 bits per heavy atom. The van der Waals surface area contributed by atoms with Gasteiger partial charge in [-0.15, -0.1) is 0 Å². The normalized spacial score (nSPS) is 26.1. The van der Waals surface area contributed by atoms with Crippen LogP contribution in [0.15, 0.2) is 22.7 Å². The monoisotopic (exact) mass is 325 g/mol. The summed E-state index contributed by atoms with van der Waals surface area (Å²) in [6, 6.07) is 6.00. The smallest absolute Gasteiger partial charge is 0.228 e. The SMILES string of the molecule is Cc1cc(Br)ccc1C1(C(N)=O)CCOC(C)(C)C1. The predicted octanol–water partition coefficient (Wildman–Crippen LogP) is 3.07. The zero-order chi connectivity index (χ0) is 14.3. The number of amides is 1. The number of ether oxygens (including phenoxy) is 1. The third-order valence-corrected chi connectivity index (χ3v) is 4.42. The van der Waals surface area contributed by atoms with Gasteiger partial charge in [0.15, 0.2) is 0 Å². The highest BCUT2D eigenvalue weighted by Crippen LogP contribution is 2.42. The van der Waals surface area contributed by atoms with Crippen LogP contribution < -0.4 is 5.73 Å². The van der Waals surface area contributed by atoms with E-state index in [9.17, 15) is 4.79 Å². The summed E-state index contributed by atoms with van der Waals surface area (Å²) in [5, 5.41) is 0. The third kappa shape index (κ3) is 2.70. The molecule has 0 bridgehead atoms. The summed E-state index contributed by atoms with van der Waals surface area (Å²) < 4.78 is 6.75. The molecule has 1 saturated heterocycles. The van der Waals surface area contributed by atoms with Crippen molar-refractivity contribution in [3.63, 3.8) is 0 Å². The first-order valence-corrected chi connectivity index (χ1v) is 7.27. The minimum absolute atomic E-state index is 0.255. The van der Waals surface area contributed by atoms with Crippen molar-refractivity contribution in [2.75, 3.05) is 6.61 Å². The number of nitrogens with two attached hydrogens (primary N) is 1. The molecule has 1 heterocycles. The van der Waals surface area contributed by atoms with Crippen LogP contribution in [-0.2, 0) is 14.9 Å². The van der Waals surface area contributed by atoms with Crippen LogP contribution in [0, 0.1) is 6.92 Å². The molecule has 1 unspecified atom stereocenters. The number of benzene rings is 1. The van der Waals surface area contributed by atoms with Crippen LogP contribution in [0.3, 0.4) is 0 Å². The number of carbonyl (C=O) groups excluding carboxylic acids is 1. The number of carbonyl (C=O) groups is 1.